The van der Waals surface area contributed by atoms with E-state index in [1.54, 1.807) is 23.2 Å². The van der Waals surface area contributed by atoms with E-state index in [-0.39, 0.29) is 17.7 Å². The molecule has 0 aliphatic carbocycles. The van der Waals surface area contributed by atoms with E-state index in [1.807, 2.05) is 24.3 Å². The summed E-state index contributed by atoms with van der Waals surface area (Å²) < 4.78 is 1.01. The molecule has 25 heavy (non-hydrogen) atoms. The van der Waals surface area contributed by atoms with Crippen molar-refractivity contribution in [1.29, 1.82) is 0 Å². The molecule has 0 spiro atoms. The Balaban J connectivity index is 1.75. The summed E-state index contributed by atoms with van der Waals surface area (Å²) in [4.78, 5) is 31.4. The fourth-order valence-electron chi connectivity index (χ4n) is 2.79. The first-order chi connectivity index (χ1) is 12.0. The molecule has 2 heterocycles. The van der Waals surface area contributed by atoms with Gasteiger partial charge >= 0.3 is 0 Å². The molecule has 0 unspecified atom stereocenters. The minimum atomic E-state index is -0.278. The van der Waals surface area contributed by atoms with Gasteiger partial charge in [0.1, 0.15) is 5.03 Å². The van der Waals surface area contributed by atoms with Crippen molar-refractivity contribution in [2.24, 2.45) is 11.7 Å². The van der Waals surface area contributed by atoms with E-state index >= 15 is 0 Å². The number of amides is 2. The van der Waals surface area contributed by atoms with Crippen molar-refractivity contribution >= 4 is 39.5 Å². The molecule has 2 N–H and O–H groups in total. The number of likely N-dealkylation sites (tertiary alicyclic amines) is 1. The zero-order chi connectivity index (χ0) is 17.8. The molecule has 0 bridgehead atoms. The SMILES string of the molecule is NC(=O)C1CCN(C(=O)c2cccnc2Sc2ccc(Br)cc2)CC1. The van der Waals surface area contributed by atoms with E-state index in [2.05, 4.69) is 20.9 Å². The second kappa shape index (κ2) is 8.01. The van der Waals surface area contributed by atoms with Crippen molar-refractivity contribution in [2.75, 3.05) is 13.1 Å². The van der Waals surface area contributed by atoms with E-state index in [4.69, 9.17) is 5.73 Å². The van der Waals surface area contributed by atoms with Gasteiger partial charge in [0.25, 0.3) is 5.91 Å². The largest absolute Gasteiger partial charge is 0.369 e. The number of primary amides is 1. The van der Waals surface area contributed by atoms with Crippen LogP contribution in [0.4, 0.5) is 0 Å². The van der Waals surface area contributed by atoms with Crippen molar-refractivity contribution in [2.45, 2.75) is 22.8 Å². The number of rotatable bonds is 4. The normalized spacial score (nSPS) is 15.2. The predicted molar refractivity (Wildman–Crippen MR) is 100 cm³/mol. The summed E-state index contributed by atoms with van der Waals surface area (Å²) in [6.07, 6.45) is 2.93. The van der Waals surface area contributed by atoms with Crippen LogP contribution in [0.5, 0.6) is 0 Å². The molecule has 0 saturated carbocycles. The molecule has 2 amide bonds. The van der Waals surface area contributed by atoms with Gasteiger partial charge in [-0.3, -0.25) is 9.59 Å². The lowest BCUT2D eigenvalue weighted by molar-refractivity contribution is -0.123. The minimum absolute atomic E-state index is 0.0457. The van der Waals surface area contributed by atoms with Gasteiger partial charge in [-0.1, -0.05) is 27.7 Å². The van der Waals surface area contributed by atoms with Crippen LogP contribution < -0.4 is 5.73 Å². The van der Waals surface area contributed by atoms with Gasteiger partial charge in [-0.2, -0.15) is 0 Å². The van der Waals surface area contributed by atoms with Crippen LogP contribution >= 0.6 is 27.7 Å². The van der Waals surface area contributed by atoms with E-state index in [0.29, 0.717) is 36.5 Å². The number of piperidine rings is 1. The van der Waals surface area contributed by atoms with Gasteiger partial charge < -0.3 is 10.6 Å². The molecule has 1 fully saturated rings. The summed E-state index contributed by atoms with van der Waals surface area (Å²) in [6.45, 7) is 1.09. The number of halogens is 1. The molecule has 130 valence electrons. The van der Waals surface area contributed by atoms with Crippen LogP contribution in [-0.2, 0) is 4.79 Å². The summed E-state index contributed by atoms with van der Waals surface area (Å²) in [5, 5.41) is 0.687. The van der Waals surface area contributed by atoms with Crippen LogP contribution in [0.1, 0.15) is 23.2 Å². The summed E-state index contributed by atoms with van der Waals surface area (Å²) in [7, 11) is 0. The van der Waals surface area contributed by atoms with E-state index in [1.165, 1.54) is 11.8 Å². The highest BCUT2D eigenvalue weighted by molar-refractivity contribution is 9.10. The van der Waals surface area contributed by atoms with Crippen LogP contribution in [-0.4, -0.2) is 34.8 Å². The highest BCUT2D eigenvalue weighted by Gasteiger charge is 2.27. The van der Waals surface area contributed by atoms with Gasteiger partial charge in [-0.25, -0.2) is 4.98 Å². The standard InChI is InChI=1S/C18H18BrN3O2S/c19-13-3-5-14(6-4-13)25-17-15(2-1-9-21-17)18(24)22-10-7-12(8-11-22)16(20)23/h1-6,9,12H,7-8,10-11H2,(H2,20,23). The Morgan fingerprint density at radius 2 is 1.84 bits per heavy atom. The summed E-state index contributed by atoms with van der Waals surface area (Å²) in [6, 6.07) is 11.5. The number of hydrogen-bond acceptors (Lipinski definition) is 4. The monoisotopic (exact) mass is 419 g/mol. The third kappa shape index (κ3) is 4.41. The topological polar surface area (TPSA) is 76.3 Å². The van der Waals surface area contributed by atoms with Crippen molar-refractivity contribution in [1.82, 2.24) is 9.88 Å². The molecule has 0 atom stereocenters. The smallest absolute Gasteiger partial charge is 0.256 e. The number of nitrogens with zero attached hydrogens (tertiary/aromatic N) is 2. The molecule has 5 nitrogen and oxygen atoms in total. The van der Waals surface area contributed by atoms with Gasteiger partial charge in [0.15, 0.2) is 0 Å². The quantitative estimate of drug-likeness (QED) is 0.824. The summed E-state index contributed by atoms with van der Waals surface area (Å²) >= 11 is 4.88. The third-order valence-corrected chi connectivity index (χ3v) is 5.77. The molecule has 1 aliphatic rings. The zero-order valence-electron chi connectivity index (χ0n) is 13.5. The number of hydrogen-bond donors (Lipinski definition) is 1. The van der Waals surface area contributed by atoms with E-state index < -0.39 is 0 Å². The number of nitrogens with two attached hydrogens (primary N) is 1. The lowest BCUT2D eigenvalue weighted by atomic mass is 9.96. The molecule has 1 aliphatic heterocycles. The van der Waals surface area contributed by atoms with Crippen LogP contribution in [0, 0.1) is 5.92 Å². The molecule has 1 aromatic carbocycles. The maximum atomic E-state index is 12.9. The molecule has 1 saturated heterocycles. The first-order valence-electron chi connectivity index (χ1n) is 8.01. The van der Waals surface area contributed by atoms with Crippen LogP contribution in [0.25, 0.3) is 0 Å². The third-order valence-electron chi connectivity index (χ3n) is 4.21. The molecule has 0 radical (unpaired) electrons. The average molecular weight is 420 g/mol. The maximum absolute atomic E-state index is 12.9. The second-order valence-corrected chi connectivity index (χ2v) is 7.86. The van der Waals surface area contributed by atoms with Crippen LogP contribution in [0.3, 0.4) is 0 Å². The maximum Gasteiger partial charge on any atom is 0.256 e. The van der Waals surface area contributed by atoms with Crippen molar-refractivity contribution in [3.05, 3.63) is 52.6 Å². The van der Waals surface area contributed by atoms with Crippen LogP contribution in [0.15, 0.2) is 57.0 Å². The predicted octanol–water partition coefficient (Wildman–Crippen LogP) is 3.33. The number of carbonyl (C=O) groups excluding carboxylic acids is 2. The Morgan fingerprint density at radius 3 is 2.48 bits per heavy atom. The highest BCUT2D eigenvalue weighted by Crippen LogP contribution is 2.30. The van der Waals surface area contributed by atoms with Crippen LogP contribution in [0.2, 0.25) is 0 Å². The van der Waals surface area contributed by atoms with Crippen molar-refractivity contribution < 1.29 is 9.59 Å². The molecule has 1 aromatic heterocycles. The number of benzene rings is 1. The van der Waals surface area contributed by atoms with Crippen molar-refractivity contribution in [3.63, 3.8) is 0 Å². The zero-order valence-corrected chi connectivity index (χ0v) is 15.9. The first kappa shape index (κ1) is 17.9. The number of pyridine rings is 1. The Kier molecular flexibility index (Phi) is 5.75. The Labute approximate surface area is 159 Å². The molecule has 3 rings (SSSR count). The van der Waals surface area contributed by atoms with Gasteiger partial charge in [0.05, 0.1) is 5.56 Å². The number of carbonyl (C=O) groups is 2. The van der Waals surface area contributed by atoms with Crippen molar-refractivity contribution in [3.8, 4) is 0 Å². The summed E-state index contributed by atoms with van der Waals surface area (Å²) in [5.41, 5.74) is 5.95. The van der Waals surface area contributed by atoms with Gasteiger partial charge in [0, 0.05) is 34.6 Å². The molecular weight excluding hydrogens is 402 g/mol. The van der Waals surface area contributed by atoms with E-state index in [9.17, 15) is 9.59 Å². The molecule has 2 aromatic rings. The minimum Gasteiger partial charge on any atom is -0.369 e. The number of aromatic nitrogens is 1. The lowest BCUT2D eigenvalue weighted by Gasteiger charge is -2.30. The first-order valence-corrected chi connectivity index (χ1v) is 9.62. The second-order valence-electron chi connectivity index (χ2n) is 5.88. The lowest BCUT2D eigenvalue weighted by Crippen LogP contribution is -2.41. The van der Waals surface area contributed by atoms with Gasteiger partial charge in [0.2, 0.25) is 5.91 Å². The Hall–Kier alpha value is -1.86. The Bertz CT molecular complexity index is 774. The van der Waals surface area contributed by atoms with Gasteiger partial charge in [-0.05, 0) is 49.2 Å². The Morgan fingerprint density at radius 1 is 1.16 bits per heavy atom. The average Bonchev–Trinajstić information content (AvgIpc) is 2.63. The van der Waals surface area contributed by atoms with E-state index in [0.717, 1.165) is 9.37 Å². The molecule has 7 heteroatoms. The fraction of sp³-hybridized carbons (Fsp3) is 0.278. The molecular formula is C18H18BrN3O2S. The summed E-state index contributed by atoms with van der Waals surface area (Å²) in [5.74, 6) is -0.454. The van der Waals surface area contributed by atoms with Gasteiger partial charge in [-0.15, -0.1) is 0 Å². The highest BCUT2D eigenvalue weighted by atomic mass is 79.9. The fourth-order valence-corrected chi connectivity index (χ4v) is 3.93.